The number of rotatable bonds is 3. The number of fused-ring (bicyclic) bond motifs is 1. The van der Waals surface area contributed by atoms with Gasteiger partial charge in [-0.05, 0) is 37.5 Å². The molecule has 0 bridgehead atoms. The summed E-state index contributed by atoms with van der Waals surface area (Å²) in [5, 5.41) is 10.4. The summed E-state index contributed by atoms with van der Waals surface area (Å²) in [6, 6.07) is 7.32. The molecule has 1 aliphatic rings. The van der Waals surface area contributed by atoms with E-state index in [2.05, 4.69) is 20.8 Å². The molecule has 0 unspecified atom stereocenters. The monoisotopic (exact) mass is 370 g/mol. The number of hydrogen-bond donors (Lipinski definition) is 2. The van der Waals surface area contributed by atoms with Gasteiger partial charge in [-0.1, -0.05) is 23.4 Å². The molecule has 1 aliphatic heterocycles. The second kappa shape index (κ2) is 6.89. The molecule has 0 fully saturated rings. The Bertz CT molecular complexity index is 963. The Balaban J connectivity index is 1.65. The molecule has 0 aliphatic carbocycles. The first-order chi connectivity index (χ1) is 12.6. The number of aryl methyl sites for hydroxylation is 2. The summed E-state index contributed by atoms with van der Waals surface area (Å²) < 4.78 is 10.9. The van der Waals surface area contributed by atoms with Gasteiger partial charge in [0.05, 0.1) is 18.8 Å². The molecule has 4 rings (SSSR count). The van der Waals surface area contributed by atoms with Crippen LogP contribution in [-0.4, -0.2) is 22.8 Å². The van der Waals surface area contributed by atoms with E-state index in [1.165, 1.54) is 11.3 Å². The summed E-state index contributed by atoms with van der Waals surface area (Å²) in [4.78, 5) is 17.9. The Morgan fingerprint density at radius 1 is 1.23 bits per heavy atom. The number of nitrogens with one attached hydrogen (secondary N) is 2. The highest BCUT2D eigenvalue weighted by Crippen LogP contribution is 2.42. The number of amides is 2. The summed E-state index contributed by atoms with van der Waals surface area (Å²) in [7, 11) is 0. The van der Waals surface area contributed by atoms with Crippen LogP contribution in [-0.2, 0) is 17.8 Å². The van der Waals surface area contributed by atoms with Gasteiger partial charge >= 0.3 is 6.03 Å². The van der Waals surface area contributed by atoms with Crippen molar-refractivity contribution in [1.29, 1.82) is 0 Å². The van der Waals surface area contributed by atoms with E-state index >= 15 is 0 Å². The third-order valence-corrected chi connectivity index (χ3v) is 5.30. The number of benzene rings is 1. The second-order valence-electron chi connectivity index (χ2n) is 6.05. The van der Waals surface area contributed by atoms with E-state index in [1.54, 1.807) is 6.92 Å². The average Bonchev–Trinajstić information content (AvgIpc) is 3.19. The molecule has 8 heteroatoms. The zero-order valence-corrected chi connectivity index (χ0v) is 15.3. The van der Waals surface area contributed by atoms with E-state index in [4.69, 9.17) is 9.26 Å². The van der Waals surface area contributed by atoms with E-state index in [0.717, 1.165) is 33.7 Å². The van der Waals surface area contributed by atoms with E-state index in [1.807, 2.05) is 31.2 Å². The van der Waals surface area contributed by atoms with Crippen LogP contribution in [0.2, 0.25) is 0 Å². The standard InChI is InChI=1S/C18H18N4O3S/c1-10-5-3-4-6-13(10)20-18(23)21-17-15(16-19-11(2)22-25-16)12-7-8-24-9-14(12)26-17/h3-6H,7-9H2,1-2H3,(H2,20,21,23). The van der Waals surface area contributed by atoms with Gasteiger partial charge in [0.2, 0.25) is 0 Å². The number of thiophene rings is 1. The molecule has 134 valence electrons. The van der Waals surface area contributed by atoms with Crippen LogP contribution in [0.5, 0.6) is 0 Å². The van der Waals surface area contributed by atoms with Crippen molar-refractivity contribution in [3.63, 3.8) is 0 Å². The van der Waals surface area contributed by atoms with E-state index < -0.39 is 0 Å². The lowest BCUT2D eigenvalue weighted by Gasteiger charge is -2.12. The lowest BCUT2D eigenvalue weighted by atomic mass is 10.1. The first-order valence-electron chi connectivity index (χ1n) is 8.28. The van der Waals surface area contributed by atoms with Gasteiger partial charge in [0.1, 0.15) is 5.00 Å². The van der Waals surface area contributed by atoms with Crippen LogP contribution in [0.4, 0.5) is 15.5 Å². The van der Waals surface area contributed by atoms with Crippen molar-refractivity contribution in [3.05, 3.63) is 46.1 Å². The average molecular weight is 370 g/mol. The lowest BCUT2D eigenvalue weighted by molar-refractivity contribution is 0.113. The minimum atomic E-state index is -0.309. The number of carbonyl (C=O) groups is 1. The fourth-order valence-electron chi connectivity index (χ4n) is 2.92. The van der Waals surface area contributed by atoms with E-state index in [-0.39, 0.29) is 6.03 Å². The van der Waals surface area contributed by atoms with E-state index in [9.17, 15) is 4.79 Å². The molecule has 0 saturated heterocycles. The Labute approximate surface area is 154 Å². The first-order valence-corrected chi connectivity index (χ1v) is 9.10. The smallest absolute Gasteiger partial charge is 0.324 e. The Kier molecular flexibility index (Phi) is 4.44. The summed E-state index contributed by atoms with van der Waals surface area (Å²) in [6.07, 6.45) is 0.754. The van der Waals surface area contributed by atoms with Crippen LogP contribution in [0.15, 0.2) is 28.8 Å². The Morgan fingerprint density at radius 3 is 2.85 bits per heavy atom. The summed E-state index contributed by atoms with van der Waals surface area (Å²) in [5.74, 6) is 0.982. The highest BCUT2D eigenvalue weighted by molar-refractivity contribution is 7.17. The first kappa shape index (κ1) is 16.7. The van der Waals surface area contributed by atoms with Crippen molar-refractivity contribution < 1.29 is 14.1 Å². The molecule has 2 N–H and O–H groups in total. The van der Waals surface area contributed by atoms with Crippen molar-refractivity contribution in [2.45, 2.75) is 26.9 Å². The second-order valence-corrected chi connectivity index (χ2v) is 7.16. The number of nitrogens with zero attached hydrogens (tertiary/aromatic N) is 2. The number of ether oxygens (including phenoxy) is 1. The number of hydrogen-bond acceptors (Lipinski definition) is 6. The zero-order chi connectivity index (χ0) is 18.1. The quantitative estimate of drug-likeness (QED) is 0.723. The number of aromatic nitrogens is 2. The minimum Gasteiger partial charge on any atom is -0.376 e. The van der Waals surface area contributed by atoms with Gasteiger partial charge in [-0.15, -0.1) is 11.3 Å². The summed E-state index contributed by atoms with van der Waals surface area (Å²) in [5.41, 5.74) is 3.67. The van der Waals surface area contributed by atoms with Crippen LogP contribution >= 0.6 is 11.3 Å². The molecular formula is C18H18N4O3S. The van der Waals surface area contributed by atoms with Crippen LogP contribution in [0.25, 0.3) is 11.5 Å². The summed E-state index contributed by atoms with van der Waals surface area (Å²) >= 11 is 1.48. The third-order valence-electron chi connectivity index (χ3n) is 4.18. The normalized spacial score (nSPS) is 13.3. The number of anilines is 2. The molecule has 3 aromatic rings. The van der Waals surface area contributed by atoms with Gasteiger partial charge in [-0.2, -0.15) is 4.98 Å². The summed E-state index contributed by atoms with van der Waals surface area (Å²) in [6.45, 7) is 4.89. The lowest BCUT2D eigenvalue weighted by Crippen LogP contribution is -2.19. The van der Waals surface area contributed by atoms with Crippen molar-refractivity contribution in [3.8, 4) is 11.5 Å². The van der Waals surface area contributed by atoms with Crippen molar-refractivity contribution in [2.24, 2.45) is 0 Å². The molecule has 2 aromatic heterocycles. The van der Waals surface area contributed by atoms with Gasteiger partial charge in [-0.3, -0.25) is 5.32 Å². The Morgan fingerprint density at radius 2 is 2.08 bits per heavy atom. The topological polar surface area (TPSA) is 89.3 Å². The molecule has 0 saturated carbocycles. The largest absolute Gasteiger partial charge is 0.376 e. The molecule has 2 amide bonds. The SMILES string of the molecule is Cc1noc(-c2c(NC(=O)Nc3ccccc3C)sc3c2CCOC3)n1. The van der Waals surface area contributed by atoms with Crippen LogP contribution in [0.1, 0.15) is 21.8 Å². The fourth-order valence-corrected chi connectivity index (χ4v) is 4.09. The number of urea groups is 1. The van der Waals surface area contributed by atoms with Crippen LogP contribution in [0.3, 0.4) is 0 Å². The molecular weight excluding hydrogens is 352 g/mol. The predicted octanol–water partition coefficient (Wildman–Crippen LogP) is 4.13. The Hall–Kier alpha value is -2.71. The number of para-hydroxylation sites is 1. The van der Waals surface area contributed by atoms with Crippen LogP contribution < -0.4 is 10.6 Å². The number of carbonyl (C=O) groups excluding carboxylic acids is 1. The van der Waals surface area contributed by atoms with Crippen molar-refractivity contribution in [1.82, 2.24) is 10.1 Å². The molecule has 26 heavy (non-hydrogen) atoms. The molecule has 7 nitrogen and oxygen atoms in total. The van der Waals surface area contributed by atoms with Crippen molar-refractivity contribution in [2.75, 3.05) is 17.2 Å². The van der Waals surface area contributed by atoms with Gasteiger partial charge < -0.3 is 14.6 Å². The van der Waals surface area contributed by atoms with Gasteiger partial charge in [0.15, 0.2) is 5.82 Å². The molecule has 1 aromatic carbocycles. The highest BCUT2D eigenvalue weighted by atomic mass is 32.1. The predicted molar refractivity (Wildman–Crippen MR) is 99.5 cm³/mol. The van der Waals surface area contributed by atoms with Gasteiger partial charge in [-0.25, -0.2) is 4.79 Å². The molecule has 0 atom stereocenters. The maximum absolute atomic E-state index is 12.5. The van der Waals surface area contributed by atoms with E-state index in [0.29, 0.717) is 29.9 Å². The van der Waals surface area contributed by atoms with Crippen molar-refractivity contribution >= 4 is 28.1 Å². The molecule has 0 radical (unpaired) electrons. The molecule has 0 spiro atoms. The maximum atomic E-state index is 12.5. The van der Waals surface area contributed by atoms with Gasteiger partial charge in [0, 0.05) is 10.6 Å². The minimum absolute atomic E-state index is 0.309. The zero-order valence-electron chi connectivity index (χ0n) is 14.5. The third kappa shape index (κ3) is 3.21. The highest BCUT2D eigenvalue weighted by Gasteiger charge is 2.26. The maximum Gasteiger partial charge on any atom is 0.324 e. The fraction of sp³-hybridized carbons (Fsp3) is 0.278. The molecule has 3 heterocycles. The van der Waals surface area contributed by atoms with Crippen LogP contribution in [0, 0.1) is 13.8 Å². The van der Waals surface area contributed by atoms with Gasteiger partial charge in [0.25, 0.3) is 5.89 Å².